The minimum Gasteiger partial charge on any atom is -0.300 e. The molecule has 0 aliphatic carbocycles. The van der Waals surface area contributed by atoms with E-state index in [-0.39, 0.29) is 0 Å². The van der Waals surface area contributed by atoms with Gasteiger partial charge in [-0.1, -0.05) is 27.7 Å². The molecule has 0 aromatic heterocycles. The van der Waals surface area contributed by atoms with Crippen LogP contribution in [0.5, 0.6) is 0 Å². The number of likely N-dealkylation sites (tertiary alicyclic amines) is 2. The van der Waals surface area contributed by atoms with E-state index in [1.807, 2.05) is 0 Å². The molecule has 2 heteroatoms. The maximum absolute atomic E-state index is 2.75. The van der Waals surface area contributed by atoms with Crippen LogP contribution < -0.4 is 0 Å². The Bertz CT molecular complexity index is 294. The monoisotopic (exact) mass is 308 g/mol. The van der Waals surface area contributed by atoms with Gasteiger partial charge in [-0.05, 0) is 76.3 Å². The van der Waals surface area contributed by atoms with E-state index < -0.39 is 0 Å². The Morgan fingerprint density at radius 1 is 0.682 bits per heavy atom. The molecule has 0 aromatic rings. The zero-order chi connectivity index (χ0) is 16.3. The topological polar surface area (TPSA) is 6.48 Å². The van der Waals surface area contributed by atoms with E-state index in [1.54, 1.807) is 0 Å². The van der Waals surface area contributed by atoms with Crippen LogP contribution in [-0.4, -0.2) is 48.1 Å². The van der Waals surface area contributed by atoms with Crippen LogP contribution in [0.15, 0.2) is 0 Å². The Morgan fingerprint density at radius 3 is 1.32 bits per heavy atom. The zero-order valence-corrected chi connectivity index (χ0v) is 16.0. The third kappa shape index (κ3) is 4.71. The molecule has 2 nitrogen and oxygen atoms in total. The van der Waals surface area contributed by atoms with Gasteiger partial charge in [-0.3, -0.25) is 0 Å². The molecule has 0 saturated carbocycles. The van der Waals surface area contributed by atoms with Crippen LogP contribution in [-0.2, 0) is 0 Å². The molecule has 2 aliphatic heterocycles. The molecule has 2 saturated heterocycles. The van der Waals surface area contributed by atoms with Gasteiger partial charge in [0.05, 0.1) is 0 Å². The summed E-state index contributed by atoms with van der Waals surface area (Å²) in [6, 6.07) is 1.55. The normalized spacial score (nSPS) is 30.5. The fourth-order valence-corrected chi connectivity index (χ4v) is 4.37. The molecule has 0 aromatic carbocycles. The third-order valence-electron chi connectivity index (χ3n) is 6.65. The van der Waals surface area contributed by atoms with Crippen molar-refractivity contribution in [3.63, 3.8) is 0 Å². The van der Waals surface area contributed by atoms with Gasteiger partial charge in [0.25, 0.3) is 0 Å². The van der Waals surface area contributed by atoms with Gasteiger partial charge < -0.3 is 9.80 Å². The molecule has 2 fully saturated rings. The molecule has 2 aliphatic rings. The van der Waals surface area contributed by atoms with E-state index >= 15 is 0 Å². The molecule has 0 spiro atoms. The number of nitrogens with zero attached hydrogens (tertiary/aromatic N) is 2. The van der Waals surface area contributed by atoms with Crippen molar-refractivity contribution in [1.29, 1.82) is 0 Å². The molecule has 4 atom stereocenters. The number of hydrogen-bond donors (Lipinski definition) is 0. The van der Waals surface area contributed by atoms with Crippen LogP contribution in [0.25, 0.3) is 0 Å². The number of rotatable bonds is 7. The predicted molar refractivity (Wildman–Crippen MR) is 97.2 cm³/mol. The van der Waals surface area contributed by atoms with Crippen LogP contribution in [0.3, 0.4) is 0 Å². The fourth-order valence-electron chi connectivity index (χ4n) is 4.37. The molecular formula is C20H40N2. The second kappa shape index (κ2) is 8.15. The van der Waals surface area contributed by atoms with Gasteiger partial charge in [-0.2, -0.15) is 0 Å². The highest BCUT2D eigenvalue weighted by Gasteiger charge is 2.30. The Morgan fingerprint density at radius 2 is 1.05 bits per heavy atom. The van der Waals surface area contributed by atoms with Crippen LogP contribution >= 0.6 is 0 Å². The summed E-state index contributed by atoms with van der Waals surface area (Å²) in [7, 11) is 0. The molecule has 0 N–H and O–H groups in total. The fraction of sp³-hybridized carbons (Fsp3) is 1.00. The van der Waals surface area contributed by atoms with E-state index in [1.165, 1.54) is 51.9 Å². The van der Waals surface area contributed by atoms with Crippen molar-refractivity contribution >= 4 is 0 Å². The van der Waals surface area contributed by atoms with Gasteiger partial charge in [0, 0.05) is 25.2 Å². The average molecular weight is 309 g/mol. The Labute approximate surface area is 139 Å². The van der Waals surface area contributed by atoms with Gasteiger partial charge >= 0.3 is 0 Å². The van der Waals surface area contributed by atoms with Crippen molar-refractivity contribution in [3.05, 3.63) is 0 Å². The summed E-state index contributed by atoms with van der Waals surface area (Å²) in [6.45, 7) is 19.8. The second-order valence-corrected chi connectivity index (χ2v) is 8.85. The lowest BCUT2D eigenvalue weighted by Crippen LogP contribution is -2.35. The first kappa shape index (κ1) is 18.3. The first-order valence-electron chi connectivity index (χ1n) is 9.86. The van der Waals surface area contributed by atoms with Gasteiger partial charge in [0.1, 0.15) is 0 Å². The molecule has 2 heterocycles. The Balaban J connectivity index is 1.69. The van der Waals surface area contributed by atoms with Crippen LogP contribution in [0.2, 0.25) is 0 Å². The zero-order valence-electron chi connectivity index (χ0n) is 16.0. The molecule has 22 heavy (non-hydrogen) atoms. The van der Waals surface area contributed by atoms with E-state index in [4.69, 9.17) is 0 Å². The quantitative estimate of drug-likeness (QED) is 0.683. The summed E-state index contributed by atoms with van der Waals surface area (Å²) in [5.74, 6) is 3.58. The smallest absolute Gasteiger partial charge is 0.00676 e. The average Bonchev–Trinajstić information content (AvgIpc) is 3.12. The van der Waals surface area contributed by atoms with E-state index in [0.29, 0.717) is 0 Å². The third-order valence-corrected chi connectivity index (χ3v) is 6.65. The highest BCUT2D eigenvalue weighted by molar-refractivity contribution is 4.84. The van der Waals surface area contributed by atoms with Crippen LogP contribution in [0, 0.1) is 23.7 Å². The summed E-state index contributed by atoms with van der Waals surface area (Å²) in [4.78, 5) is 5.50. The molecular weight excluding hydrogens is 268 g/mol. The van der Waals surface area contributed by atoms with Gasteiger partial charge in [-0.25, -0.2) is 0 Å². The standard InChI is InChI=1S/C20H40N2/c1-15(2)19-9-11-21(13-19)17(5)7-8-18(6)22-12-10-20(14-22)16(3)4/h15-20H,7-14H2,1-6H3. The molecule has 0 bridgehead atoms. The SMILES string of the molecule is CC(C)C1CCN(C(C)CCC(C)N2CCC(C(C)C)C2)C1. The minimum absolute atomic E-state index is 0.773. The maximum atomic E-state index is 2.75. The van der Waals surface area contributed by atoms with Crippen molar-refractivity contribution in [1.82, 2.24) is 9.80 Å². The van der Waals surface area contributed by atoms with Gasteiger partial charge in [0.2, 0.25) is 0 Å². The van der Waals surface area contributed by atoms with E-state index in [2.05, 4.69) is 51.3 Å². The Kier molecular flexibility index (Phi) is 6.76. The maximum Gasteiger partial charge on any atom is 0.00676 e. The molecule has 130 valence electrons. The second-order valence-electron chi connectivity index (χ2n) is 8.85. The van der Waals surface area contributed by atoms with Crippen LogP contribution in [0.1, 0.15) is 67.2 Å². The summed E-state index contributed by atoms with van der Waals surface area (Å²) < 4.78 is 0. The Hall–Kier alpha value is -0.0800. The number of hydrogen-bond acceptors (Lipinski definition) is 2. The van der Waals surface area contributed by atoms with Crippen molar-refractivity contribution in [2.75, 3.05) is 26.2 Å². The lowest BCUT2D eigenvalue weighted by Gasteiger charge is -2.29. The predicted octanol–water partition coefficient (Wildman–Crippen LogP) is 4.50. The summed E-state index contributed by atoms with van der Waals surface area (Å²) >= 11 is 0. The summed E-state index contributed by atoms with van der Waals surface area (Å²) in [5.41, 5.74) is 0. The highest BCUT2D eigenvalue weighted by atomic mass is 15.2. The van der Waals surface area contributed by atoms with Crippen molar-refractivity contribution in [2.24, 2.45) is 23.7 Å². The largest absolute Gasteiger partial charge is 0.300 e. The molecule has 2 rings (SSSR count). The lowest BCUT2D eigenvalue weighted by atomic mass is 9.95. The van der Waals surface area contributed by atoms with Gasteiger partial charge in [0.15, 0.2) is 0 Å². The summed E-state index contributed by atoms with van der Waals surface area (Å²) in [5, 5.41) is 0. The molecule has 4 unspecified atom stereocenters. The first-order chi connectivity index (χ1) is 10.4. The van der Waals surface area contributed by atoms with E-state index in [9.17, 15) is 0 Å². The summed E-state index contributed by atoms with van der Waals surface area (Å²) in [6.07, 6.45) is 5.57. The van der Waals surface area contributed by atoms with Crippen molar-refractivity contribution in [2.45, 2.75) is 79.3 Å². The lowest BCUT2D eigenvalue weighted by molar-refractivity contribution is 0.187. The molecule has 0 amide bonds. The van der Waals surface area contributed by atoms with E-state index in [0.717, 1.165) is 35.8 Å². The minimum atomic E-state index is 0.773. The van der Waals surface area contributed by atoms with Crippen molar-refractivity contribution in [3.8, 4) is 0 Å². The van der Waals surface area contributed by atoms with Crippen molar-refractivity contribution < 1.29 is 0 Å². The van der Waals surface area contributed by atoms with Gasteiger partial charge in [-0.15, -0.1) is 0 Å². The van der Waals surface area contributed by atoms with Crippen LogP contribution in [0.4, 0.5) is 0 Å². The first-order valence-corrected chi connectivity index (χ1v) is 9.86. The highest BCUT2D eigenvalue weighted by Crippen LogP contribution is 2.28. The molecule has 0 radical (unpaired) electrons.